The highest BCUT2D eigenvalue weighted by molar-refractivity contribution is 6.00. The molecule has 1 aliphatic heterocycles. The van der Waals surface area contributed by atoms with Gasteiger partial charge in [0.1, 0.15) is 0 Å². The Morgan fingerprint density at radius 1 is 1.35 bits per heavy atom. The van der Waals surface area contributed by atoms with E-state index in [1.807, 2.05) is 32.0 Å². The van der Waals surface area contributed by atoms with Crippen molar-refractivity contribution >= 4 is 11.6 Å². The topological polar surface area (TPSA) is 50.4 Å². The second-order valence-electron chi connectivity index (χ2n) is 5.71. The molecule has 1 fully saturated rings. The van der Waals surface area contributed by atoms with Crippen LogP contribution in [0.5, 0.6) is 0 Å². The van der Waals surface area contributed by atoms with Gasteiger partial charge >= 0.3 is 0 Å². The SMILES string of the molecule is CCNc1cc(C)ccc1C(=O)NC1(C)CCOCC1. The van der Waals surface area contributed by atoms with Crippen LogP contribution in [0, 0.1) is 6.92 Å². The molecule has 4 heteroatoms. The zero-order valence-corrected chi connectivity index (χ0v) is 12.6. The van der Waals surface area contributed by atoms with E-state index in [2.05, 4.69) is 17.6 Å². The summed E-state index contributed by atoms with van der Waals surface area (Å²) in [5.41, 5.74) is 2.60. The van der Waals surface area contributed by atoms with Gasteiger partial charge in [-0.1, -0.05) is 6.07 Å². The van der Waals surface area contributed by atoms with E-state index in [-0.39, 0.29) is 11.4 Å². The Hall–Kier alpha value is -1.55. The lowest BCUT2D eigenvalue weighted by molar-refractivity contribution is 0.0423. The van der Waals surface area contributed by atoms with Crippen LogP contribution in [0.1, 0.15) is 42.6 Å². The molecule has 1 aromatic rings. The first kappa shape index (κ1) is 14.9. The number of ether oxygens (including phenoxy) is 1. The molecule has 0 unspecified atom stereocenters. The van der Waals surface area contributed by atoms with Gasteiger partial charge in [-0.2, -0.15) is 0 Å². The molecular weight excluding hydrogens is 252 g/mol. The molecule has 4 nitrogen and oxygen atoms in total. The van der Waals surface area contributed by atoms with Crippen molar-refractivity contribution < 1.29 is 9.53 Å². The minimum atomic E-state index is -0.163. The van der Waals surface area contributed by atoms with Gasteiger partial charge in [0.05, 0.1) is 5.56 Å². The highest BCUT2D eigenvalue weighted by Gasteiger charge is 2.29. The molecule has 0 aliphatic carbocycles. The van der Waals surface area contributed by atoms with Crippen molar-refractivity contribution in [3.8, 4) is 0 Å². The van der Waals surface area contributed by atoms with Gasteiger partial charge in [-0.25, -0.2) is 0 Å². The lowest BCUT2D eigenvalue weighted by Gasteiger charge is -2.34. The fraction of sp³-hybridized carbons (Fsp3) is 0.562. The van der Waals surface area contributed by atoms with Gasteiger partial charge in [0, 0.05) is 31.0 Å². The first-order valence-electron chi connectivity index (χ1n) is 7.29. The number of carbonyl (C=O) groups excluding carboxylic acids is 1. The molecule has 0 atom stereocenters. The van der Waals surface area contributed by atoms with Crippen molar-refractivity contribution in [2.24, 2.45) is 0 Å². The minimum Gasteiger partial charge on any atom is -0.385 e. The Balaban J connectivity index is 2.16. The normalized spacial score (nSPS) is 17.6. The van der Waals surface area contributed by atoms with Gasteiger partial charge in [0.25, 0.3) is 5.91 Å². The van der Waals surface area contributed by atoms with Gasteiger partial charge in [0.2, 0.25) is 0 Å². The van der Waals surface area contributed by atoms with Crippen molar-refractivity contribution in [2.75, 3.05) is 25.1 Å². The van der Waals surface area contributed by atoms with Crippen LogP contribution in [0.3, 0.4) is 0 Å². The van der Waals surface area contributed by atoms with Crippen LogP contribution in [0.4, 0.5) is 5.69 Å². The Morgan fingerprint density at radius 3 is 2.70 bits per heavy atom. The van der Waals surface area contributed by atoms with Gasteiger partial charge < -0.3 is 15.4 Å². The number of carbonyl (C=O) groups is 1. The van der Waals surface area contributed by atoms with Crippen LogP contribution in [0.15, 0.2) is 18.2 Å². The maximum absolute atomic E-state index is 12.5. The van der Waals surface area contributed by atoms with Crippen molar-refractivity contribution in [2.45, 2.75) is 39.2 Å². The summed E-state index contributed by atoms with van der Waals surface area (Å²) >= 11 is 0. The van der Waals surface area contributed by atoms with Crippen LogP contribution in [0.2, 0.25) is 0 Å². The molecule has 0 spiro atoms. The van der Waals surface area contributed by atoms with Crippen LogP contribution in [-0.4, -0.2) is 31.2 Å². The molecule has 2 N–H and O–H groups in total. The number of benzene rings is 1. The summed E-state index contributed by atoms with van der Waals surface area (Å²) in [6, 6.07) is 5.89. The van der Waals surface area contributed by atoms with E-state index in [0.717, 1.165) is 30.6 Å². The predicted molar refractivity (Wildman–Crippen MR) is 81.3 cm³/mol. The van der Waals surface area contributed by atoms with E-state index in [0.29, 0.717) is 18.8 Å². The van der Waals surface area contributed by atoms with Gasteiger partial charge in [0.15, 0.2) is 0 Å². The molecule has 2 rings (SSSR count). The molecule has 1 aromatic carbocycles. The Labute approximate surface area is 120 Å². The third-order valence-electron chi connectivity index (χ3n) is 3.80. The van der Waals surface area contributed by atoms with E-state index in [9.17, 15) is 4.79 Å². The number of hydrogen-bond donors (Lipinski definition) is 2. The standard InChI is InChI=1S/C16H24N2O2/c1-4-17-14-11-12(2)5-6-13(14)15(19)18-16(3)7-9-20-10-8-16/h5-6,11,17H,4,7-10H2,1-3H3,(H,18,19). The fourth-order valence-corrected chi connectivity index (χ4v) is 2.48. The summed E-state index contributed by atoms with van der Waals surface area (Å²) in [5, 5.41) is 6.43. The molecule has 0 saturated carbocycles. The van der Waals surface area contributed by atoms with Crippen LogP contribution >= 0.6 is 0 Å². The third kappa shape index (κ3) is 3.51. The Morgan fingerprint density at radius 2 is 2.05 bits per heavy atom. The minimum absolute atomic E-state index is 0.00894. The Bertz CT molecular complexity index is 479. The quantitative estimate of drug-likeness (QED) is 0.889. The van der Waals surface area contributed by atoms with E-state index in [1.54, 1.807) is 0 Å². The summed E-state index contributed by atoms with van der Waals surface area (Å²) in [5.74, 6) is -0.00894. The monoisotopic (exact) mass is 276 g/mol. The summed E-state index contributed by atoms with van der Waals surface area (Å²) in [6.45, 7) is 8.38. The zero-order chi connectivity index (χ0) is 14.6. The molecular formula is C16H24N2O2. The largest absolute Gasteiger partial charge is 0.385 e. The second kappa shape index (κ2) is 6.27. The van der Waals surface area contributed by atoms with E-state index < -0.39 is 0 Å². The van der Waals surface area contributed by atoms with Crippen LogP contribution in [0.25, 0.3) is 0 Å². The van der Waals surface area contributed by atoms with Crippen molar-refractivity contribution in [3.63, 3.8) is 0 Å². The average Bonchev–Trinajstić information content (AvgIpc) is 2.39. The summed E-state index contributed by atoms with van der Waals surface area (Å²) in [6.07, 6.45) is 1.72. The molecule has 0 radical (unpaired) electrons. The maximum atomic E-state index is 12.5. The molecule has 1 saturated heterocycles. The third-order valence-corrected chi connectivity index (χ3v) is 3.80. The highest BCUT2D eigenvalue weighted by atomic mass is 16.5. The van der Waals surface area contributed by atoms with E-state index >= 15 is 0 Å². The van der Waals surface area contributed by atoms with Crippen molar-refractivity contribution in [1.82, 2.24) is 5.32 Å². The fourth-order valence-electron chi connectivity index (χ4n) is 2.48. The first-order valence-corrected chi connectivity index (χ1v) is 7.29. The number of nitrogens with one attached hydrogen (secondary N) is 2. The molecule has 20 heavy (non-hydrogen) atoms. The molecule has 110 valence electrons. The van der Waals surface area contributed by atoms with Crippen molar-refractivity contribution in [3.05, 3.63) is 29.3 Å². The summed E-state index contributed by atoms with van der Waals surface area (Å²) in [7, 11) is 0. The molecule has 1 aliphatic rings. The van der Waals surface area contributed by atoms with Gasteiger partial charge in [-0.05, 0) is 51.3 Å². The molecule has 1 amide bonds. The number of hydrogen-bond acceptors (Lipinski definition) is 3. The summed E-state index contributed by atoms with van der Waals surface area (Å²) < 4.78 is 5.37. The average molecular weight is 276 g/mol. The van der Waals surface area contributed by atoms with E-state index in [1.165, 1.54) is 0 Å². The van der Waals surface area contributed by atoms with Crippen LogP contribution < -0.4 is 10.6 Å². The van der Waals surface area contributed by atoms with Gasteiger partial charge in [-0.3, -0.25) is 4.79 Å². The summed E-state index contributed by atoms with van der Waals surface area (Å²) in [4.78, 5) is 12.5. The maximum Gasteiger partial charge on any atom is 0.253 e. The number of aryl methyl sites for hydroxylation is 1. The molecule has 0 bridgehead atoms. The van der Waals surface area contributed by atoms with E-state index in [4.69, 9.17) is 4.74 Å². The predicted octanol–water partition coefficient (Wildman–Crippen LogP) is 2.73. The number of anilines is 1. The van der Waals surface area contributed by atoms with Crippen LogP contribution in [-0.2, 0) is 4.74 Å². The second-order valence-corrected chi connectivity index (χ2v) is 5.71. The molecule has 0 aromatic heterocycles. The lowest BCUT2D eigenvalue weighted by atomic mass is 9.92. The lowest BCUT2D eigenvalue weighted by Crippen LogP contribution is -2.49. The Kier molecular flexibility index (Phi) is 4.65. The highest BCUT2D eigenvalue weighted by Crippen LogP contribution is 2.23. The zero-order valence-electron chi connectivity index (χ0n) is 12.6. The molecule has 1 heterocycles. The first-order chi connectivity index (χ1) is 9.54. The smallest absolute Gasteiger partial charge is 0.253 e. The van der Waals surface area contributed by atoms with Crippen molar-refractivity contribution in [1.29, 1.82) is 0 Å². The number of amides is 1. The van der Waals surface area contributed by atoms with Gasteiger partial charge in [-0.15, -0.1) is 0 Å². The number of rotatable bonds is 4.